The standard InChI is InChI=1S/C21H20Br2N4O/c22-15-8-6-14(7-9-15)20-25-19(21(28)24-17-4-2-1-3-5-17)26-27(20)18-12-10-16(23)11-13-18/h6-13,17H,1-5H2,(H,24,28). The lowest BCUT2D eigenvalue weighted by Gasteiger charge is -2.21. The van der Waals surface area contributed by atoms with Crippen molar-refractivity contribution in [3.63, 3.8) is 0 Å². The molecule has 1 aliphatic carbocycles. The van der Waals surface area contributed by atoms with Crippen molar-refractivity contribution in [1.82, 2.24) is 20.1 Å². The van der Waals surface area contributed by atoms with Crippen LogP contribution in [-0.4, -0.2) is 26.7 Å². The van der Waals surface area contributed by atoms with Crippen molar-refractivity contribution in [2.24, 2.45) is 0 Å². The Kier molecular flexibility index (Phi) is 5.92. The molecule has 0 radical (unpaired) electrons. The summed E-state index contributed by atoms with van der Waals surface area (Å²) >= 11 is 6.92. The van der Waals surface area contributed by atoms with E-state index < -0.39 is 0 Å². The molecule has 1 fully saturated rings. The maximum Gasteiger partial charge on any atom is 0.291 e. The van der Waals surface area contributed by atoms with Gasteiger partial charge in [-0.15, -0.1) is 5.10 Å². The molecular formula is C21H20Br2N4O. The number of halogens is 2. The second-order valence-electron chi connectivity index (χ2n) is 6.96. The second kappa shape index (κ2) is 8.57. The molecule has 0 unspecified atom stereocenters. The average Bonchev–Trinajstić information content (AvgIpc) is 3.15. The molecule has 1 heterocycles. The molecule has 1 saturated carbocycles. The number of rotatable bonds is 4. The van der Waals surface area contributed by atoms with Crippen molar-refractivity contribution in [2.75, 3.05) is 0 Å². The van der Waals surface area contributed by atoms with Gasteiger partial charge in [-0.1, -0.05) is 63.3 Å². The van der Waals surface area contributed by atoms with Crippen molar-refractivity contribution < 1.29 is 4.79 Å². The Morgan fingerprint density at radius 2 is 1.54 bits per heavy atom. The zero-order valence-electron chi connectivity index (χ0n) is 15.2. The maximum atomic E-state index is 12.8. The van der Waals surface area contributed by atoms with Crippen LogP contribution in [0.1, 0.15) is 42.7 Å². The van der Waals surface area contributed by atoms with Crippen LogP contribution in [-0.2, 0) is 0 Å². The van der Waals surface area contributed by atoms with Gasteiger partial charge in [0.05, 0.1) is 5.69 Å². The monoisotopic (exact) mass is 502 g/mol. The average molecular weight is 504 g/mol. The van der Waals surface area contributed by atoms with Gasteiger partial charge in [0.2, 0.25) is 5.82 Å². The molecule has 4 rings (SSSR count). The first-order chi connectivity index (χ1) is 13.6. The van der Waals surface area contributed by atoms with E-state index in [0.29, 0.717) is 5.82 Å². The molecule has 1 aromatic heterocycles. The fourth-order valence-corrected chi connectivity index (χ4v) is 3.98. The first kappa shape index (κ1) is 19.3. The highest BCUT2D eigenvalue weighted by Gasteiger charge is 2.22. The number of hydrogen-bond donors (Lipinski definition) is 1. The lowest BCUT2D eigenvalue weighted by atomic mass is 9.95. The van der Waals surface area contributed by atoms with Gasteiger partial charge >= 0.3 is 0 Å². The Bertz CT molecular complexity index is 898. The molecule has 7 heteroatoms. The Morgan fingerprint density at radius 3 is 2.18 bits per heavy atom. The van der Waals surface area contributed by atoms with Gasteiger partial charge in [-0.3, -0.25) is 4.79 Å². The van der Waals surface area contributed by atoms with Gasteiger partial charge in [-0.2, -0.15) is 0 Å². The van der Waals surface area contributed by atoms with E-state index >= 15 is 0 Å². The lowest BCUT2D eigenvalue weighted by molar-refractivity contribution is 0.0917. The summed E-state index contributed by atoms with van der Waals surface area (Å²) < 4.78 is 3.70. The zero-order chi connectivity index (χ0) is 19.5. The predicted octanol–water partition coefficient (Wildman–Crippen LogP) is 5.52. The van der Waals surface area contributed by atoms with E-state index in [1.165, 1.54) is 6.42 Å². The third-order valence-corrected chi connectivity index (χ3v) is 5.98. The molecule has 0 atom stereocenters. The summed E-state index contributed by atoms with van der Waals surface area (Å²) in [5.41, 5.74) is 1.75. The summed E-state index contributed by atoms with van der Waals surface area (Å²) in [7, 11) is 0. The topological polar surface area (TPSA) is 59.8 Å². The van der Waals surface area contributed by atoms with Crippen molar-refractivity contribution in [3.05, 3.63) is 63.3 Å². The number of nitrogens with one attached hydrogen (secondary N) is 1. The number of nitrogens with zero attached hydrogens (tertiary/aromatic N) is 3. The summed E-state index contributed by atoms with van der Waals surface area (Å²) in [6.07, 6.45) is 5.62. The number of carbonyl (C=O) groups is 1. The SMILES string of the molecule is O=C(NC1CCCCC1)c1nc(-c2ccc(Br)cc2)n(-c2ccc(Br)cc2)n1. The van der Waals surface area contributed by atoms with Gasteiger partial charge in [0.15, 0.2) is 5.82 Å². The van der Waals surface area contributed by atoms with E-state index in [4.69, 9.17) is 0 Å². The second-order valence-corrected chi connectivity index (χ2v) is 8.79. The normalized spacial score (nSPS) is 14.8. The Morgan fingerprint density at radius 1 is 0.929 bits per heavy atom. The minimum atomic E-state index is -0.207. The fraction of sp³-hybridized carbons (Fsp3) is 0.286. The van der Waals surface area contributed by atoms with E-state index in [2.05, 4.69) is 47.3 Å². The van der Waals surface area contributed by atoms with Crippen LogP contribution >= 0.6 is 31.9 Å². The summed E-state index contributed by atoms with van der Waals surface area (Å²) in [6.45, 7) is 0. The van der Waals surface area contributed by atoms with Crippen molar-refractivity contribution in [3.8, 4) is 17.1 Å². The van der Waals surface area contributed by atoms with Gasteiger partial charge in [-0.05, 0) is 49.2 Å². The van der Waals surface area contributed by atoms with Crippen molar-refractivity contribution in [1.29, 1.82) is 0 Å². The highest BCUT2D eigenvalue weighted by molar-refractivity contribution is 9.10. The van der Waals surface area contributed by atoms with E-state index in [1.807, 2.05) is 48.5 Å². The minimum Gasteiger partial charge on any atom is -0.347 e. The molecule has 5 nitrogen and oxygen atoms in total. The van der Waals surface area contributed by atoms with Gasteiger partial charge in [0.25, 0.3) is 5.91 Å². The summed E-state index contributed by atoms with van der Waals surface area (Å²) in [5.74, 6) is 0.635. The summed E-state index contributed by atoms with van der Waals surface area (Å²) in [5, 5.41) is 7.65. The zero-order valence-corrected chi connectivity index (χ0v) is 18.4. The molecule has 144 valence electrons. The number of amides is 1. The Hall–Kier alpha value is -1.99. The summed E-state index contributed by atoms with van der Waals surface area (Å²) in [4.78, 5) is 17.4. The van der Waals surface area contributed by atoms with E-state index in [9.17, 15) is 4.79 Å². The Balaban J connectivity index is 1.69. The molecule has 1 aliphatic rings. The number of aromatic nitrogens is 3. The van der Waals surface area contributed by atoms with Crippen LogP contribution in [0.4, 0.5) is 0 Å². The molecule has 1 N–H and O–H groups in total. The van der Waals surface area contributed by atoms with Gasteiger partial charge in [0, 0.05) is 20.6 Å². The van der Waals surface area contributed by atoms with Crippen LogP contribution in [0.25, 0.3) is 17.1 Å². The molecule has 3 aromatic rings. The largest absolute Gasteiger partial charge is 0.347 e. The number of benzene rings is 2. The van der Waals surface area contributed by atoms with Crippen LogP contribution < -0.4 is 5.32 Å². The molecular weight excluding hydrogens is 484 g/mol. The maximum absolute atomic E-state index is 12.8. The van der Waals surface area contributed by atoms with Crippen LogP contribution in [0, 0.1) is 0 Å². The van der Waals surface area contributed by atoms with E-state index in [0.717, 1.165) is 45.9 Å². The van der Waals surface area contributed by atoms with Crippen LogP contribution in [0.2, 0.25) is 0 Å². The van der Waals surface area contributed by atoms with Crippen molar-refractivity contribution in [2.45, 2.75) is 38.1 Å². The third kappa shape index (κ3) is 4.36. The van der Waals surface area contributed by atoms with E-state index in [-0.39, 0.29) is 17.8 Å². The van der Waals surface area contributed by atoms with Crippen LogP contribution in [0.5, 0.6) is 0 Å². The minimum absolute atomic E-state index is 0.200. The highest BCUT2D eigenvalue weighted by atomic mass is 79.9. The lowest BCUT2D eigenvalue weighted by Crippen LogP contribution is -2.36. The van der Waals surface area contributed by atoms with Gasteiger partial charge < -0.3 is 5.32 Å². The van der Waals surface area contributed by atoms with Crippen LogP contribution in [0.3, 0.4) is 0 Å². The molecule has 2 aromatic carbocycles. The van der Waals surface area contributed by atoms with Gasteiger partial charge in [0.1, 0.15) is 0 Å². The highest BCUT2D eigenvalue weighted by Crippen LogP contribution is 2.24. The first-order valence-corrected chi connectivity index (χ1v) is 11.0. The van der Waals surface area contributed by atoms with E-state index in [1.54, 1.807) is 4.68 Å². The third-order valence-electron chi connectivity index (χ3n) is 4.92. The van der Waals surface area contributed by atoms with Gasteiger partial charge in [-0.25, -0.2) is 9.67 Å². The smallest absolute Gasteiger partial charge is 0.291 e. The quantitative estimate of drug-likeness (QED) is 0.509. The fourth-order valence-electron chi connectivity index (χ4n) is 3.45. The number of carbonyl (C=O) groups excluding carboxylic acids is 1. The molecule has 0 spiro atoms. The molecule has 1 amide bonds. The molecule has 0 saturated heterocycles. The Labute approximate surface area is 180 Å². The molecule has 0 bridgehead atoms. The molecule has 0 aliphatic heterocycles. The summed E-state index contributed by atoms with van der Waals surface area (Å²) in [6, 6.07) is 15.9. The number of hydrogen-bond acceptors (Lipinski definition) is 3. The molecule has 28 heavy (non-hydrogen) atoms. The van der Waals surface area contributed by atoms with Crippen LogP contribution in [0.15, 0.2) is 57.5 Å². The predicted molar refractivity (Wildman–Crippen MR) is 117 cm³/mol. The first-order valence-electron chi connectivity index (χ1n) is 9.40. The van der Waals surface area contributed by atoms with Crippen molar-refractivity contribution >= 4 is 37.8 Å².